The maximum absolute atomic E-state index is 6.36. The van der Waals surface area contributed by atoms with Crippen LogP contribution >= 0.6 is 11.6 Å². The number of halogens is 1. The van der Waals surface area contributed by atoms with Gasteiger partial charge in [0.05, 0.1) is 12.2 Å². The number of hydrogen-bond donors (Lipinski definition) is 0. The molecule has 2 aliphatic rings. The lowest BCUT2D eigenvalue weighted by Crippen LogP contribution is -2.55. The third-order valence-electron chi connectivity index (χ3n) is 5.13. The van der Waals surface area contributed by atoms with Crippen LogP contribution in [0, 0.1) is 17.3 Å². The van der Waals surface area contributed by atoms with Crippen molar-refractivity contribution in [1.29, 1.82) is 0 Å². The minimum atomic E-state index is 0.214. The van der Waals surface area contributed by atoms with Crippen molar-refractivity contribution in [3.05, 3.63) is 0 Å². The summed E-state index contributed by atoms with van der Waals surface area (Å²) in [6.07, 6.45) is 6.91. The maximum Gasteiger partial charge on any atom is 0.0660 e. The minimum absolute atomic E-state index is 0.214. The third kappa shape index (κ3) is 2.66. The van der Waals surface area contributed by atoms with Gasteiger partial charge < -0.3 is 4.74 Å². The molecule has 0 aromatic heterocycles. The van der Waals surface area contributed by atoms with Gasteiger partial charge in [0.2, 0.25) is 0 Å². The zero-order valence-corrected chi connectivity index (χ0v) is 12.5. The van der Waals surface area contributed by atoms with Gasteiger partial charge in [-0.2, -0.15) is 0 Å². The average Bonchev–Trinajstić information content (AvgIpc) is 2.26. The highest BCUT2D eigenvalue weighted by Gasteiger charge is 2.51. The molecule has 0 saturated heterocycles. The van der Waals surface area contributed by atoms with Crippen molar-refractivity contribution in [2.24, 2.45) is 17.3 Å². The van der Waals surface area contributed by atoms with Crippen molar-refractivity contribution < 1.29 is 4.74 Å². The highest BCUT2D eigenvalue weighted by atomic mass is 35.5. The first-order valence-electron chi connectivity index (χ1n) is 7.25. The Balaban J connectivity index is 1.89. The van der Waals surface area contributed by atoms with Crippen LogP contribution in [0.3, 0.4) is 0 Å². The highest BCUT2D eigenvalue weighted by Crippen LogP contribution is 2.50. The molecule has 0 heterocycles. The first kappa shape index (κ1) is 13.7. The van der Waals surface area contributed by atoms with Crippen molar-refractivity contribution >= 4 is 11.6 Å². The van der Waals surface area contributed by atoms with Crippen molar-refractivity contribution in [3.8, 4) is 0 Å². The van der Waals surface area contributed by atoms with Gasteiger partial charge in [0.25, 0.3) is 0 Å². The Labute approximate surface area is 111 Å². The zero-order valence-electron chi connectivity index (χ0n) is 11.7. The van der Waals surface area contributed by atoms with E-state index in [0.29, 0.717) is 17.6 Å². The first-order chi connectivity index (χ1) is 7.95. The molecule has 0 amide bonds. The Kier molecular flexibility index (Phi) is 4.09. The Morgan fingerprint density at radius 1 is 1.12 bits per heavy atom. The van der Waals surface area contributed by atoms with Crippen LogP contribution in [0.15, 0.2) is 0 Å². The summed E-state index contributed by atoms with van der Waals surface area (Å²) in [5.74, 6) is 1.65. The lowest BCUT2D eigenvalue weighted by Gasteiger charge is -2.52. The molecule has 2 fully saturated rings. The Hall–Kier alpha value is 0.250. The molecule has 17 heavy (non-hydrogen) atoms. The molecule has 5 unspecified atom stereocenters. The largest absolute Gasteiger partial charge is 0.374 e. The summed E-state index contributed by atoms with van der Waals surface area (Å²) in [5.41, 5.74) is 0.214. The predicted octanol–water partition coefficient (Wildman–Crippen LogP) is 4.62. The Morgan fingerprint density at radius 2 is 1.71 bits per heavy atom. The molecule has 0 aromatic carbocycles. The zero-order chi connectivity index (χ0) is 12.6. The molecule has 2 heteroatoms. The van der Waals surface area contributed by atoms with Gasteiger partial charge in [-0.3, -0.25) is 0 Å². The molecule has 2 aliphatic carbocycles. The summed E-state index contributed by atoms with van der Waals surface area (Å²) in [7, 11) is 0. The van der Waals surface area contributed by atoms with E-state index in [9.17, 15) is 0 Å². The second-order valence-electron chi connectivity index (χ2n) is 6.73. The normalized spacial score (nSPS) is 51.0. The summed E-state index contributed by atoms with van der Waals surface area (Å²) in [5, 5.41) is 0.316. The second-order valence-corrected chi connectivity index (χ2v) is 7.25. The van der Waals surface area contributed by atoms with E-state index in [4.69, 9.17) is 16.3 Å². The predicted molar refractivity (Wildman–Crippen MR) is 73.5 cm³/mol. The van der Waals surface area contributed by atoms with E-state index in [2.05, 4.69) is 27.7 Å². The van der Waals surface area contributed by atoms with E-state index >= 15 is 0 Å². The second kappa shape index (κ2) is 5.09. The SMILES string of the molecule is CCC1(C)C(Cl)CC1OC1CC(C)CC(C)C1. The van der Waals surface area contributed by atoms with E-state index in [-0.39, 0.29) is 5.41 Å². The van der Waals surface area contributed by atoms with Crippen molar-refractivity contribution in [2.45, 2.75) is 77.4 Å². The quantitative estimate of drug-likeness (QED) is 0.671. The van der Waals surface area contributed by atoms with E-state index < -0.39 is 0 Å². The van der Waals surface area contributed by atoms with Gasteiger partial charge in [-0.1, -0.05) is 27.7 Å². The maximum atomic E-state index is 6.36. The van der Waals surface area contributed by atoms with Gasteiger partial charge in [-0.15, -0.1) is 11.6 Å². The van der Waals surface area contributed by atoms with Crippen LogP contribution in [0.25, 0.3) is 0 Å². The topological polar surface area (TPSA) is 9.23 Å². The number of hydrogen-bond acceptors (Lipinski definition) is 1. The Morgan fingerprint density at radius 3 is 2.18 bits per heavy atom. The van der Waals surface area contributed by atoms with Crippen LogP contribution in [0.4, 0.5) is 0 Å². The van der Waals surface area contributed by atoms with Crippen LogP contribution in [0.5, 0.6) is 0 Å². The monoisotopic (exact) mass is 258 g/mol. The van der Waals surface area contributed by atoms with Crippen molar-refractivity contribution in [3.63, 3.8) is 0 Å². The molecule has 5 atom stereocenters. The summed E-state index contributed by atoms with van der Waals surface area (Å²) >= 11 is 6.35. The molecule has 0 aliphatic heterocycles. The molecule has 0 N–H and O–H groups in total. The fourth-order valence-corrected chi connectivity index (χ4v) is 4.10. The molecular weight excluding hydrogens is 232 g/mol. The average molecular weight is 259 g/mol. The van der Waals surface area contributed by atoms with Gasteiger partial charge in [0, 0.05) is 10.8 Å². The molecule has 100 valence electrons. The van der Waals surface area contributed by atoms with Gasteiger partial charge in [-0.05, 0) is 43.9 Å². The smallest absolute Gasteiger partial charge is 0.0660 e. The third-order valence-corrected chi connectivity index (χ3v) is 5.80. The summed E-state index contributed by atoms with van der Waals surface area (Å²) in [6, 6.07) is 0. The summed E-state index contributed by atoms with van der Waals surface area (Å²) in [6.45, 7) is 9.23. The van der Waals surface area contributed by atoms with Crippen LogP contribution < -0.4 is 0 Å². The first-order valence-corrected chi connectivity index (χ1v) is 7.68. The van der Waals surface area contributed by atoms with E-state index in [1.165, 1.54) is 19.3 Å². The molecule has 0 aromatic rings. The number of rotatable bonds is 3. The summed E-state index contributed by atoms with van der Waals surface area (Å²) < 4.78 is 6.36. The molecule has 0 bridgehead atoms. The number of alkyl halides is 1. The minimum Gasteiger partial charge on any atom is -0.374 e. The van der Waals surface area contributed by atoms with Crippen molar-refractivity contribution in [1.82, 2.24) is 0 Å². The molecule has 2 rings (SSSR count). The van der Waals surface area contributed by atoms with Crippen LogP contribution in [-0.4, -0.2) is 17.6 Å². The van der Waals surface area contributed by atoms with Gasteiger partial charge >= 0.3 is 0 Å². The summed E-state index contributed by atoms with van der Waals surface area (Å²) in [4.78, 5) is 0. The molecule has 1 nitrogen and oxygen atoms in total. The van der Waals surface area contributed by atoms with E-state index in [1.54, 1.807) is 0 Å². The van der Waals surface area contributed by atoms with Gasteiger partial charge in [0.1, 0.15) is 0 Å². The molecular formula is C15H27ClO. The van der Waals surface area contributed by atoms with E-state index in [0.717, 1.165) is 24.7 Å². The van der Waals surface area contributed by atoms with Crippen LogP contribution in [0.2, 0.25) is 0 Å². The van der Waals surface area contributed by atoms with Crippen LogP contribution in [-0.2, 0) is 4.74 Å². The van der Waals surface area contributed by atoms with Gasteiger partial charge in [0.15, 0.2) is 0 Å². The molecule has 2 saturated carbocycles. The standard InChI is InChI=1S/C15H27ClO/c1-5-15(4)13(16)9-14(15)17-12-7-10(2)6-11(3)8-12/h10-14H,5-9H2,1-4H3. The Bertz CT molecular complexity index is 258. The lowest BCUT2D eigenvalue weighted by molar-refractivity contribution is -0.148. The van der Waals surface area contributed by atoms with Crippen LogP contribution in [0.1, 0.15) is 59.8 Å². The highest BCUT2D eigenvalue weighted by molar-refractivity contribution is 6.21. The number of ether oxygens (including phenoxy) is 1. The van der Waals surface area contributed by atoms with Crippen molar-refractivity contribution in [2.75, 3.05) is 0 Å². The van der Waals surface area contributed by atoms with E-state index in [1.807, 2.05) is 0 Å². The fraction of sp³-hybridized carbons (Fsp3) is 1.00. The lowest BCUT2D eigenvalue weighted by atomic mass is 9.65. The van der Waals surface area contributed by atoms with Gasteiger partial charge in [-0.25, -0.2) is 0 Å². The molecule has 0 spiro atoms. The molecule has 0 radical (unpaired) electrons. The fourth-order valence-electron chi connectivity index (χ4n) is 3.64.